The van der Waals surface area contributed by atoms with Crippen LogP contribution in [-0.2, 0) is 0 Å². The van der Waals surface area contributed by atoms with Crippen molar-refractivity contribution in [2.45, 2.75) is 6.92 Å². The first-order chi connectivity index (χ1) is 6.99. The van der Waals surface area contributed by atoms with E-state index in [-0.39, 0.29) is 5.91 Å². The monoisotopic (exact) mass is 268 g/mol. The van der Waals surface area contributed by atoms with Crippen molar-refractivity contribution >= 4 is 27.5 Å². The summed E-state index contributed by atoms with van der Waals surface area (Å²) in [4.78, 5) is 11.6. The third-order valence-electron chi connectivity index (χ3n) is 1.73. The first-order valence-corrected chi connectivity index (χ1v) is 5.27. The molecule has 4 heteroatoms. The summed E-state index contributed by atoms with van der Waals surface area (Å²) in [5.74, 6) is -0.147. The van der Waals surface area contributed by atoms with Crippen LogP contribution in [0.5, 0.6) is 0 Å². The van der Waals surface area contributed by atoms with Gasteiger partial charge >= 0.3 is 0 Å². The van der Waals surface area contributed by atoms with Crippen LogP contribution in [0, 0.1) is 0 Å². The fourth-order valence-electron chi connectivity index (χ4n) is 1.08. The highest BCUT2D eigenvalue weighted by molar-refractivity contribution is 9.10. The zero-order valence-corrected chi connectivity index (χ0v) is 10.1. The summed E-state index contributed by atoms with van der Waals surface area (Å²) in [5.41, 5.74) is 7.64. The number of nitrogens with two attached hydrogens (primary N) is 1. The minimum absolute atomic E-state index is 0.147. The van der Waals surface area contributed by atoms with Gasteiger partial charge in [0, 0.05) is 22.3 Å². The Hall–Kier alpha value is -1.29. The lowest BCUT2D eigenvalue weighted by Crippen LogP contribution is -2.24. The SMILES string of the molecule is C=C(C)CNC(=O)c1cc(N)cc(Br)c1. The lowest BCUT2D eigenvalue weighted by Gasteiger charge is -2.06. The van der Waals surface area contributed by atoms with Crippen LogP contribution >= 0.6 is 15.9 Å². The van der Waals surface area contributed by atoms with Gasteiger partial charge in [-0.15, -0.1) is 0 Å². The maximum atomic E-state index is 11.6. The number of rotatable bonds is 3. The third kappa shape index (κ3) is 3.75. The molecule has 3 nitrogen and oxygen atoms in total. The average Bonchev–Trinajstić information content (AvgIpc) is 2.12. The predicted molar refractivity (Wildman–Crippen MR) is 65.7 cm³/mol. The second-order valence-electron chi connectivity index (χ2n) is 3.41. The molecule has 0 bridgehead atoms. The van der Waals surface area contributed by atoms with Crippen LogP contribution < -0.4 is 11.1 Å². The van der Waals surface area contributed by atoms with E-state index in [2.05, 4.69) is 27.8 Å². The number of halogens is 1. The lowest BCUT2D eigenvalue weighted by atomic mass is 10.2. The fraction of sp³-hybridized carbons (Fsp3) is 0.182. The van der Waals surface area contributed by atoms with Crippen molar-refractivity contribution in [2.75, 3.05) is 12.3 Å². The van der Waals surface area contributed by atoms with Crippen molar-refractivity contribution < 1.29 is 4.79 Å². The van der Waals surface area contributed by atoms with E-state index in [0.29, 0.717) is 17.8 Å². The summed E-state index contributed by atoms with van der Waals surface area (Å²) in [6.07, 6.45) is 0. The quantitative estimate of drug-likeness (QED) is 0.653. The van der Waals surface area contributed by atoms with E-state index in [1.54, 1.807) is 18.2 Å². The Bertz CT molecular complexity index is 381. The van der Waals surface area contributed by atoms with E-state index in [1.807, 2.05) is 6.92 Å². The van der Waals surface area contributed by atoms with Gasteiger partial charge in [-0.3, -0.25) is 4.79 Å². The van der Waals surface area contributed by atoms with Gasteiger partial charge in [-0.05, 0) is 25.1 Å². The second kappa shape index (κ2) is 4.98. The van der Waals surface area contributed by atoms with Crippen LogP contribution in [-0.4, -0.2) is 12.5 Å². The molecule has 3 N–H and O–H groups in total. The number of carbonyl (C=O) groups is 1. The summed E-state index contributed by atoms with van der Waals surface area (Å²) < 4.78 is 0.794. The van der Waals surface area contributed by atoms with E-state index >= 15 is 0 Å². The van der Waals surface area contributed by atoms with Crippen molar-refractivity contribution in [2.24, 2.45) is 0 Å². The normalized spacial score (nSPS) is 9.73. The Balaban J connectivity index is 2.77. The van der Waals surface area contributed by atoms with Crippen molar-refractivity contribution in [3.8, 4) is 0 Å². The first kappa shape index (κ1) is 11.8. The molecule has 15 heavy (non-hydrogen) atoms. The van der Waals surface area contributed by atoms with Crippen LogP contribution in [0.25, 0.3) is 0 Å². The zero-order chi connectivity index (χ0) is 11.4. The average molecular weight is 269 g/mol. The number of hydrogen-bond acceptors (Lipinski definition) is 2. The molecule has 1 aromatic rings. The van der Waals surface area contributed by atoms with E-state index in [9.17, 15) is 4.79 Å². The number of carbonyl (C=O) groups excluding carboxylic acids is 1. The molecule has 0 aromatic heterocycles. The molecule has 0 fully saturated rings. The summed E-state index contributed by atoms with van der Waals surface area (Å²) in [5, 5.41) is 2.74. The summed E-state index contributed by atoms with van der Waals surface area (Å²) in [6.45, 7) is 6.04. The molecular formula is C11H13BrN2O. The van der Waals surface area contributed by atoms with Crippen LogP contribution in [0.1, 0.15) is 17.3 Å². The predicted octanol–water partition coefficient (Wildman–Crippen LogP) is 2.34. The van der Waals surface area contributed by atoms with Crippen molar-refractivity contribution in [1.29, 1.82) is 0 Å². The molecule has 0 saturated carbocycles. The number of benzene rings is 1. The van der Waals surface area contributed by atoms with Crippen molar-refractivity contribution in [3.05, 3.63) is 40.4 Å². The van der Waals surface area contributed by atoms with Gasteiger partial charge in [-0.25, -0.2) is 0 Å². The van der Waals surface area contributed by atoms with Crippen molar-refractivity contribution in [1.82, 2.24) is 5.32 Å². The summed E-state index contributed by atoms with van der Waals surface area (Å²) in [6, 6.07) is 5.11. The van der Waals surface area contributed by atoms with E-state index in [0.717, 1.165) is 10.0 Å². The number of amides is 1. The Morgan fingerprint density at radius 1 is 1.53 bits per heavy atom. The van der Waals surface area contributed by atoms with E-state index < -0.39 is 0 Å². The van der Waals surface area contributed by atoms with Crippen LogP contribution in [0.2, 0.25) is 0 Å². The third-order valence-corrected chi connectivity index (χ3v) is 2.19. The Labute approximate surface area is 97.5 Å². The fourth-order valence-corrected chi connectivity index (χ4v) is 1.59. The molecule has 0 radical (unpaired) electrons. The lowest BCUT2D eigenvalue weighted by molar-refractivity contribution is 0.0957. The molecule has 0 heterocycles. The number of nitrogens with one attached hydrogen (secondary N) is 1. The molecule has 0 atom stereocenters. The number of hydrogen-bond donors (Lipinski definition) is 2. The molecule has 1 rings (SSSR count). The molecule has 0 aliphatic heterocycles. The minimum atomic E-state index is -0.147. The van der Waals surface area contributed by atoms with Gasteiger partial charge in [-0.2, -0.15) is 0 Å². The Kier molecular flexibility index (Phi) is 3.91. The Morgan fingerprint density at radius 3 is 2.73 bits per heavy atom. The molecule has 0 spiro atoms. The second-order valence-corrected chi connectivity index (χ2v) is 4.33. The van der Waals surface area contributed by atoms with Gasteiger partial charge in [0.05, 0.1) is 0 Å². The highest BCUT2D eigenvalue weighted by atomic mass is 79.9. The van der Waals surface area contributed by atoms with Gasteiger partial charge < -0.3 is 11.1 Å². The highest BCUT2D eigenvalue weighted by Gasteiger charge is 2.06. The topological polar surface area (TPSA) is 55.1 Å². The largest absolute Gasteiger partial charge is 0.399 e. The van der Waals surface area contributed by atoms with E-state index in [4.69, 9.17) is 5.73 Å². The standard InChI is InChI=1S/C11H13BrN2O/c1-7(2)6-14-11(15)8-3-9(12)5-10(13)4-8/h3-5H,1,6,13H2,2H3,(H,14,15). The highest BCUT2D eigenvalue weighted by Crippen LogP contribution is 2.17. The summed E-state index contributed by atoms with van der Waals surface area (Å²) in [7, 11) is 0. The molecule has 80 valence electrons. The smallest absolute Gasteiger partial charge is 0.251 e. The van der Waals surface area contributed by atoms with Crippen molar-refractivity contribution in [3.63, 3.8) is 0 Å². The maximum Gasteiger partial charge on any atom is 0.251 e. The molecule has 1 aromatic carbocycles. The number of anilines is 1. The van der Waals surface area contributed by atoms with E-state index in [1.165, 1.54) is 0 Å². The van der Waals surface area contributed by atoms with Crippen LogP contribution in [0.4, 0.5) is 5.69 Å². The van der Waals surface area contributed by atoms with Gasteiger partial charge in [0.15, 0.2) is 0 Å². The van der Waals surface area contributed by atoms with Gasteiger partial charge in [0.1, 0.15) is 0 Å². The molecule has 0 aliphatic carbocycles. The van der Waals surface area contributed by atoms with Crippen LogP contribution in [0.15, 0.2) is 34.8 Å². The van der Waals surface area contributed by atoms with Gasteiger partial charge in [0.25, 0.3) is 5.91 Å². The minimum Gasteiger partial charge on any atom is -0.399 e. The molecular weight excluding hydrogens is 256 g/mol. The van der Waals surface area contributed by atoms with Crippen LogP contribution in [0.3, 0.4) is 0 Å². The molecule has 0 unspecified atom stereocenters. The molecule has 0 aliphatic rings. The van der Waals surface area contributed by atoms with Gasteiger partial charge in [-0.1, -0.05) is 28.1 Å². The van der Waals surface area contributed by atoms with Gasteiger partial charge in [0.2, 0.25) is 0 Å². The first-order valence-electron chi connectivity index (χ1n) is 4.47. The molecule has 0 saturated heterocycles. The number of nitrogen functional groups attached to an aromatic ring is 1. The summed E-state index contributed by atoms with van der Waals surface area (Å²) >= 11 is 3.28. The Morgan fingerprint density at radius 2 is 2.20 bits per heavy atom. The zero-order valence-electron chi connectivity index (χ0n) is 8.51. The molecule has 1 amide bonds. The maximum absolute atomic E-state index is 11.6.